The Morgan fingerprint density at radius 2 is 2.00 bits per heavy atom. The number of nitrogens with one attached hydrogen (secondary N) is 3. The van der Waals surface area contributed by atoms with E-state index in [9.17, 15) is 13.6 Å². The Labute approximate surface area is 239 Å². The molecule has 3 N–H and O–H groups in total. The van der Waals surface area contributed by atoms with Crippen molar-refractivity contribution >= 4 is 34.7 Å². The minimum Gasteiger partial charge on any atom is -0.476 e. The Morgan fingerprint density at radius 3 is 2.78 bits per heavy atom. The summed E-state index contributed by atoms with van der Waals surface area (Å²) in [5.41, 5.74) is 2.46. The van der Waals surface area contributed by atoms with Gasteiger partial charge in [0, 0.05) is 48.8 Å². The molecular formula is C29H24ClF2N7O2. The number of nitriles is 1. The first-order chi connectivity index (χ1) is 20.0. The third-order valence-electron chi connectivity index (χ3n) is 6.41. The highest BCUT2D eigenvalue weighted by Gasteiger charge is 2.33. The van der Waals surface area contributed by atoms with Gasteiger partial charge in [0.25, 0.3) is 5.91 Å². The molecule has 1 atom stereocenters. The molecule has 3 aromatic rings. The van der Waals surface area contributed by atoms with Gasteiger partial charge in [0.05, 0.1) is 16.3 Å². The molecule has 1 unspecified atom stereocenters. The van der Waals surface area contributed by atoms with Crippen molar-refractivity contribution in [3.05, 3.63) is 107 Å². The average molecular weight is 576 g/mol. The Hall–Kier alpha value is -4.95. The maximum atomic E-state index is 14.9. The van der Waals surface area contributed by atoms with Crippen LogP contribution in [0, 0.1) is 23.0 Å². The lowest BCUT2D eigenvalue weighted by atomic mass is 10.1. The number of carbonyl (C=O) groups excluding carboxylic acids is 1. The van der Waals surface area contributed by atoms with E-state index in [4.69, 9.17) is 21.6 Å². The van der Waals surface area contributed by atoms with Gasteiger partial charge in [-0.1, -0.05) is 11.6 Å². The number of benzene rings is 2. The van der Waals surface area contributed by atoms with E-state index in [1.807, 2.05) is 12.1 Å². The second-order valence-electron chi connectivity index (χ2n) is 9.04. The maximum Gasteiger partial charge on any atom is 0.252 e. The largest absolute Gasteiger partial charge is 0.476 e. The summed E-state index contributed by atoms with van der Waals surface area (Å²) in [4.78, 5) is 22.7. The van der Waals surface area contributed by atoms with Crippen molar-refractivity contribution in [1.82, 2.24) is 20.5 Å². The van der Waals surface area contributed by atoms with E-state index in [2.05, 4.69) is 25.9 Å². The van der Waals surface area contributed by atoms with E-state index >= 15 is 0 Å². The van der Waals surface area contributed by atoms with Crippen LogP contribution < -0.4 is 20.7 Å². The Kier molecular flexibility index (Phi) is 8.41. The number of aliphatic imine (C=N–C) groups is 1. The number of aryl methyl sites for hydroxylation is 1. The Bertz CT molecular complexity index is 1590. The molecule has 208 valence electrons. The van der Waals surface area contributed by atoms with E-state index in [-0.39, 0.29) is 22.2 Å². The van der Waals surface area contributed by atoms with Crippen LogP contribution in [0.1, 0.15) is 27.9 Å². The number of ether oxygens (including phenoxy) is 1. The zero-order valence-electron chi connectivity index (χ0n) is 21.6. The molecule has 0 spiro atoms. The molecule has 12 heteroatoms. The topological polar surface area (TPSA) is 115 Å². The summed E-state index contributed by atoms with van der Waals surface area (Å²) in [6.45, 7) is 0.102. The highest BCUT2D eigenvalue weighted by Crippen LogP contribution is 2.33. The van der Waals surface area contributed by atoms with E-state index in [1.165, 1.54) is 18.3 Å². The van der Waals surface area contributed by atoms with Crippen LogP contribution in [-0.2, 0) is 6.42 Å². The number of nitrogens with zero attached hydrogens (tertiary/aromatic N) is 4. The fraction of sp³-hybridized carbons (Fsp3) is 0.172. The Balaban J connectivity index is 1.21. The standard InChI is InChI=1S/C29H24ClF2N7O2/c30-22-16-19(3-4-20(22)29(40)36-10-1-2-18-7-11-34-12-8-18)38-27-28-37-17-23(39(28)14-13-35-27)21-5-6-24(41-15-9-33)26(32)25(21)31/h3-8,11-14,16-17,28,37H,1-2,10,15H2,(H,35,38)(H,36,40). The van der Waals surface area contributed by atoms with Gasteiger partial charge in [-0.15, -0.1) is 0 Å². The number of hydrogen-bond donors (Lipinski definition) is 3. The molecule has 2 aliphatic heterocycles. The van der Waals surface area contributed by atoms with Gasteiger partial charge in [0.15, 0.2) is 24.3 Å². The third kappa shape index (κ3) is 6.13. The monoisotopic (exact) mass is 575 g/mol. The fourth-order valence-electron chi connectivity index (χ4n) is 4.42. The predicted octanol–water partition coefficient (Wildman–Crippen LogP) is 4.80. The molecule has 9 nitrogen and oxygen atoms in total. The van der Waals surface area contributed by atoms with Crippen LogP contribution in [-0.4, -0.2) is 40.9 Å². The van der Waals surface area contributed by atoms with Crippen LogP contribution in [0.2, 0.25) is 5.02 Å². The summed E-state index contributed by atoms with van der Waals surface area (Å²) in [7, 11) is 0. The minimum atomic E-state index is -1.18. The lowest BCUT2D eigenvalue weighted by Gasteiger charge is -2.30. The predicted molar refractivity (Wildman–Crippen MR) is 151 cm³/mol. The van der Waals surface area contributed by atoms with Crippen molar-refractivity contribution < 1.29 is 18.3 Å². The number of amidine groups is 1. The van der Waals surface area contributed by atoms with Gasteiger partial charge in [-0.3, -0.25) is 9.78 Å². The fourth-order valence-corrected chi connectivity index (χ4v) is 4.68. The van der Waals surface area contributed by atoms with Gasteiger partial charge < -0.3 is 25.6 Å². The number of anilines is 1. The lowest BCUT2D eigenvalue weighted by molar-refractivity contribution is 0.0953. The van der Waals surface area contributed by atoms with Crippen molar-refractivity contribution in [3.8, 4) is 11.8 Å². The number of fused-ring (bicyclic) bond motifs is 1. The third-order valence-corrected chi connectivity index (χ3v) is 6.73. The SMILES string of the molecule is N#CCOc1ccc(C2=CNC3C(Nc4ccc(C(=O)NCCCc5ccncc5)c(Cl)c4)=NC=CN23)c(F)c1F. The number of halogens is 3. The number of amides is 1. The number of pyridine rings is 1. The molecule has 1 aromatic heterocycles. The molecular weight excluding hydrogens is 552 g/mol. The minimum absolute atomic E-state index is 0.00638. The molecule has 2 aromatic carbocycles. The quantitative estimate of drug-likeness (QED) is 0.314. The summed E-state index contributed by atoms with van der Waals surface area (Å²) in [5.74, 6) is -2.42. The normalized spacial score (nSPS) is 15.3. The zero-order valence-corrected chi connectivity index (χ0v) is 22.3. The van der Waals surface area contributed by atoms with Gasteiger partial charge in [0.1, 0.15) is 11.9 Å². The van der Waals surface area contributed by atoms with Crippen LogP contribution in [0.5, 0.6) is 5.75 Å². The maximum absolute atomic E-state index is 14.9. The summed E-state index contributed by atoms with van der Waals surface area (Å²) in [6, 6.07) is 13.2. The molecule has 41 heavy (non-hydrogen) atoms. The first kappa shape index (κ1) is 27.6. The van der Waals surface area contributed by atoms with E-state index in [1.54, 1.807) is 54.0 Å². The van der Waals surface area contributed by atoms with Gasteiger partial charge >= 0.3 is 0 Å². The Morgan fingerprint density at radius 1 is 1.17 bits per heavy atom. The number of rotatable bonds is 9. The molecule has 2 aliphatic rings. The van der Waals surface area contributed by atoms with Crippen molar-refractivity contribution in [2.75, 3.05) is 18.5 Å². The summed E-state index contributed by atoms with van der Waals surface area (Å²) >= 11 is 6.44. The van der Waals surface area contributed by atoms with Crippen LogP contribution in [0.4, 0.5) is 14.5 Å². The smallest absolute Gasteiger partial charge is 0.252 e. The molecule has 5 rings (SSSR count). The highest BCUT2D eigenvalue weighted by molar-refractivity contribution is 6.34. The highest BCUT2D eigenvalue weighted by atomic mass is 35.5. The van der Waals surface area contributed by atoms with Crippen molar-refractivity contribution in [3.63, 3.8) is 0 Å². The first-order valence-electron chi connectivity index (χ1n) is 12.7. The van der Waals surface area contributed by atoms with Crippen LogP contribution in [0.15, 0.2) is 78.5 Å². The van der Waals surface area contributed by atoms with Crippen molar-refractivity contribution in [2.45, 2.75) is 19.0 Å². The van der Waals surface area contributed by atoms with E-state index in [0.29, 0.717) is 29.3 Å². The van der Waals surface area contributed by atoms with Crippen molar-refractivity contribution in [1.29, 1.82) is 5.26 Å². The second kappa shape index (κ2) is 12.5. The summed E-state index contributed by atoms with van der Waals surface area (Å²) in [5, 5.41) is 18.1. The van der Waals surface area contributed by atoms with Gasteiger partial charge in [-0.2, -0.15) is 9.65 Å². The van der Waals surface area contributed by atoms with Gasteiger partial charge in [0.2, 0.25) is 5.82 Å². The number of hydrogen-bond acceptors (Lipinski definition) is 8. The first-order valence-corrected chi connectivity index (χ1v) is 13.0. The summed E-state index contributed by atoms with van der Waals surface area (Å²) < 4.78 is 34.4. The van der Waals surface area contributed by atoms with Gasteiger partial charge in [-0.05, 0) is 60.9 Å². The van der Waals surface area contributed by atoms with E-state index in [0.717, 1.165) is 18.4 Å². The molecule has 0 saturated heterocycles. The molecule has 1 amide bonds. The molecule has 0 saturated carbocycles. The average Bonchev–Trinajstić information content (AvgIpc) is 3.41. The van der Waals surface area contributed by atoms with E-state index < -0.39 is 24.4 Å². The molecule has 0 bridgehead atoms. The lowest BCUT2D eigenvalue weighted by Crippen LogP contribution is -2.45. The van der Waals surface area contributed by atoms with Crippen molar-refractivity contribution in [2.24, 2.45) is 4.99 Å². The van der Waals surface area contributed by atoms with Crippen LogP contribution in [0.3, 0.4) is 0 Å². The van der Waals surface area contributed by atoms with Crippen LogP contribution in [0.25, 0.3) is 5.70 Å². The zero-order chi connectivity index (χ0) is 28.8. The van der Waals surface area contributed by atoms with Crippen LogP contribution >= 0.6 is 11.6 Å². The molecule has 3 heterocycles. The molecule has 0 aliphatic carbocycles. The van der Waals surface area contributed by atoms with Gasteiger partial charge in [-0.25, -0.2) is 9.38 Å². The summed E-state index contributed by atoms with van der Waals surface area (Å²) in [6.07, 6.45) is 9.25. The molecule has 0 fully saturated rings. The second-order valence-corrected chi connectivity index (χ2v) is 9.45. The number of carbonyl (C=O) groups is 1. The number of aromatic nitrogens is 1. The molecule has 0 radical (unpaired) electrons.